The summed E-state index contributed by atoms with van der Waals surface area (Å²) >= 11 is 0. The number of nitrogens with one attached hydrogen (secondary N) is 4. The standard InChI is InChI=1S/C19H20N6O2/c1-13-22-17(25-24-13)15-8-5-9-16(12-15)23-19(27)21-11-10-20-18(26)14-6-3-2-4-7-14/h2-9,12H,10-11H2,1H3,(H,20,26)(H2,21,23,27)(H,22,24,25). The molecule has 27 heavy (non-hydrogen) atoms. The van der Waals surface area contributed by atoms with Gasteiger partial charge in [0.1, 0.15) is 5.82 Å². The number of carbonyl (C=O) groups is 2. The minimum absolute atomic E-state index is 0.174. The van der Waals surface area contributed by atoms with Crippen molar-refractivity contribution >= 4 is 17.6 Å². The molecule has 3 aromatic rings. The van der Waals surface area contributed by atoms with Gasteiger partial charge in [0.05, 0.1) is 0 Å². The number of nitrogens with zero attached hydrogens (tertiary/aromatic N) is 2. The Labute approximate surface area is 156 Å². The molecule has 3 rings (SSSR count). The number of amides is 3. The first-order chi connectivity index (χ1) is 13.1. The fraction of sp³-hybridized carbons (Fsp3) is 0.158. The van der Waals surface area contributed by atoms with E-state index in [1.165, 1.54) is 0 Å². The van der Waals surface area contributed by atoms with Crippen molar-refractivity contribution in [2.24, 2.45) is 0 Å². The summed E-state index contributed by atoms with van der Waals surface area (Å²) in [6.07, 6.45) is 0. The number of rotatable bonds is 6. The topological polar surface area (TPSA) is 112 Å². The maximum atomic E-state index is 12.0. The van der Waals surface area contributed by atoms with E-state index in [0.717, 1.165) is 11.4 Å². The summed E-state index contributed by atoms with van der Waals surface area (Å²) in [7, 11) is 0. The second kappa shape index (κ2) is 8.61. The van der Waals surface area contributed by atoms with Crippen LogP contribution in [-0.4, -0.2) is 40.2 Å². The molecule has 138 valence electrons. The molecule has 1 aromatic heterocycles. The lowest BCUT2D eigenvalue weighted by Crippen LogP contribution is -2.36. The minimum atomic E-state index is -0.354. The van der Waals surface area contributed by atoms with E-state index in [9.17, 15) is 9.59 Å². The van der Waals surface area contributed by atoms with Gasteiger partial charge >= 0.3 is 6.03 Å². The van der Waals surface area contributed by atoms with E-state index in [1.54, 1.807) is 36.4 Å². The lowest BCUT2D eigenvalue weighted by Gasteiger charge is -2.09. The van der Waals surface area contributed by atoms with Crippen LogP contribution in [0.4, 0.5) is 10.5 Å². The van der Waals surface area contributed by atoms with Gasteiger partial charge in [-0.2, -0.15) is 5.10 Å². The molecule has 0 aliphatic heterocycles. The molecule has 2 aromatic carbocycles. The van der Waals surface area contributed by atoms with Crippen LogP contribution in [0.5, 0.6) is 0 Å². The van der Waals surface area contributed by atoms with Gasteiger partial charge < -0.3 is 16.0 Å². The average molecular weight is 364 g/mol. The molecule has 0 radical (unpaired) electrons. The molecule has 0 fully saturated rings. The van der Waals surface area contributed by atoms with Gasteiger partial charge in [0, 0.05) is 29.9 Å². The van der Waals surface area contributed by atoms with E-state index in [4.69, 9.17) is 0 Å². The first-order valence-corrected chi connectivity index (χ1v) is 8.49. The van der Waals surface area contributed by atoms with Gasteiger partial charge in [0.2, 0.25) is 0 Å². The Morgan fingerprint density at radius 2 is 1.78 bits per heavy atom. The number of anilines is 1. The van der Waals surface area contributed by atoms with E-state index in [1.807, 2.05) is 25.1 Å². The van der Waals surface area contributed by atoms with Crippen molar-refractivity contribution < 1.29 is 9.59 Å². The number of aromatic nitrogens is 3. The summed E-state index contributed by atoms with van der Waals surface area (Å²) in [6.45, 7) is 2.46. The molecule has 0 aliphatic rings. The van der Waals surface area contributed by atoms with Crippen LogP contribution in [0.15, 0.2) is 54.6 Å². The normalized spacial score (nSPS) is 10.3. The largest absolute Gasteiger partial charge is 0.350 e. The molecular weight excluding hydrogens is 344 g/mol. The van der Waals surface area contributed by atoms with Gasteiger partial charge in [0.15, 0.2) is 5.82 Å². The second-order valence-corrected chi connectivity index (χ2v) is 5.83. The second-order valence-electron chi connectivity index (χ2n) is 5.83. The molecular formula is C19H20N6O2. The van der Waals surface area contributed by atoms with Crippen LogP contribution in [0.3, 0.4) is 0 Å². The number of aryl methyl sites for hydroxylation is 1. The zero-order valence-corrected chi connectivity index (χ0v) is 14.8. The average Bonchev–Trinajstić information content (AvgIpc) is 3.12. The molecule has 8 nitrogen and oxygen atoms in total. The van der Waals surface area contributed by atoms with Crippen molar-refractivity contribution in [2.75, 3.05) is 18.4 Å². The SMILES string of the molecule is Cc1nc(-c2cccc(NC(=O)NCCNC(=O)c3ccccc3)c2)n[nH]1. The van der Waals surface area contributed by atoms with Crippen LogP contribution in [0.25, 0.3) is 11.4 Å². The number of hydrogen-bond donors (Lipinski definition) is 4. The quantitative estimate of drug-likeness (QED) is 0.503. The summed E-state index contributed by atoms with van der Waals surface area (Å²) in [5, 5.41) is 15.1. The highest BCUT2D eigenvalue weighted by Gasteiger charge is 2.07. The Morgan fingerprint density at radius 3 is 2.52 bits per heavy atom. The molecule has 0 unspecified atom stereocenters. The highest BCUT2D eigenvalue weighted by molar-refractivity contribution is 5.94. The molecule has 0 atom stereocenters. The third kappa shape index (κ3) is 5.15. The maximum Gasteiger partial charge on any atom is 0.319 e. The highest BCUT2D eigenvalue weighted by Crippen LogP contribution is 2.19. The summed E-state index contributed by atoms with van der Waals surface area (Å²) in [6, 6.07) is 15.8. The molecule has 0 spiro atoms. The van der Waals surface area contributed by atoms with Crippen LogP contribution in [0.2, 0.25) is 0 Å². The maximum absolute atomic E-state index is 12.0. The Hall–Kier alpha value is -3.68. The molecule has 3 amide bonds. The molecule has 4 N–H and O–H groups in total. The number of H-pyrrole nitrogens is 1. The van der Waals surface area contributed by atoms with E-state index >= 15 is 0 Å². The lowest BCUT2D eigenvalue weighted by atomic mass is 10.2. The third-order valence-corrected chi connectivity index (χ3v) is 3.71. The smallest absolute Gasteiger partial charge is 0.319 e. The predicted octanol–water partition coefficient (Wildman–Crippen LogP) is 2.33. The van der Waals surface area contributed by atoms with Crippen LogP contribution in [-0.2, 0) is 0 Å². The highest BCUT2D eigenvalue weighted by atomic mass is 16.2. The summed E-state index contributed by atoms with van der Waals surface area (Å²) < 4.78 is 0. The third-order valence-electron chi connectivity index (χ3n) is 3.71. The van der Waals surface area contributed by atoms with E-state index in [-0.39, 0.29) is 11.9 Å². The number of carbonyl (C=O) groups excluding carboxylic acids is 2. The summed E-state index contributed by atoms with van der Waals surface area (Å²) in [5.74, 6) is 1.12. The van der Waals surface area contributed by atoms with Gasteiger partial charge in [-0.3, -0.25) is 9.89 Å². The van der Waals surface area contributed by atoms with E-state index < -0.39 is 0 Å². The zero-order chi connectivity index (χ0) is 19.1. The lowest BCUT2D eigenvalue weighted by molar-refractivity contribution is 0.0954. The predicted molar refractivity (Wildman–Crippen MR) is 102 cm³/mol. The van der Waals surface area contributed by atoms with Crippen molar-refractivity contribution in [3.63, 3.8) is 0 Å². The van der Waals surface area contributed by atoms with Crippen molar-refractivity contribution in [3.8, 4) is 11.4 Å². The van der Waals surface area contributed by atoms with Crippen LogP contribution >= 0.6 is 0 Å². The van der Waals surface area contributed by atoms with Crippen molar-refractivity contribution in [1.29, 1.82) is 0 Å². The van der Waals surface area contributed by atoms with Crippen LogP contribution in [0, 0.1) is 6.92 Å². The van der Waals surface area contributed by atoms with Crippen molar-refractivity contribution in [2.45, 2.75) is 6.92 Å². The minimum Gasteiger partial charge on any atom is -0.350 e. The van der Waals surface area contributed by atoms with Crippen LogP contribution in [0.1, 0.15) is 16.2 Å². The van der Waals surface area contributed by atoms with Crippen LogP contribution < -0.4 is 16.0 Å². The molecule has 0 saturated heterocycles. The van der Waals surface area contributed by atoms with Crippen molar-refractivity contribution in [3.05, 3.63) is 66.0 Å². The zero-order valence-electron chi connectivity index (χ0n) is 14.8. The van der Waals surface area contributed by atoms with Gasteiger partial charge in [0.25, 0.3) is 5.91 Å². The molecule has 1 heterocycles. The monoisotopic (exact) mass is 364 g/mol. The Balaban J connectivity index is 1.45. The summed E-state index contributed by atoms with van der Waals surface area (Å²) in [4.78, 5) is 28.2. The molecule has 0 saturated carbocycles. The number of benzene rings is 2. The molecule has 0 aliphatic carbocycles. The van der Waals surface area contributed by atoms with Gasteiger partial charge in [-0.25, -0.2) is 9.78 Å². The first kappa shape index (κ1) is 18.1. The Bertz CT molecular complexity index is 923. The first-order valence-electron chi connectivity index (χ1n) is 8.49. The van der Waals surface area contributed by atoms with Gasteiger partial charge in [-0.1, -0.05) is 30.3 Å². The van der Waals surface area contributed by atoms with Crippen molar-refractivity contribution in [1.82, 2.24) is 25.8 Å². The Kier molecular flexibility index (Phi) is 5.78. The fourth-order valence-electron chi connectivity index (χ4n) is 2.43. The Morgan fingerprint density at radius 1 is 1.00 bits per heavy atom. The van der Waals surface area contributed by atoms with Gasteiger partial charge in [-0.15, -0.1) is 0 Å². The number of urea groups is 1. The number of hydrogen-bond acceptors (Lipinski definition) is 4. The molecule has 0 bridgehead atoms. The van der Waals surface area contributed by atoms with Gasteiger partial charge in [-0.05, 0) is 31.2 Å². The fourth-order valence-corrected chi connectivity index (χ4v) is 2.43. The summed E-state index contributed by atoms with van der Waals surface area (Å²) in [5.41, 5.74) is 2.01. The van der Waals surface area contributed by atoms with E-state index in [2.05, 4.69) is 31.1 Å². The van der Waals surface area contributed by atoms with E-state index in [0.29, 0.717) is 30.2 Å². The molecule has 8 heteroatoms. The number of aromatic amines is 1.